The van der Waals surface area contributed by atoms with E-state index in [4.69, 9.17) is 0 Å². The van der Waals surface area contributed by atoms with Crippen LogP contribution in [-0.2, 0) is 16.6 Å². The minimum absolute atomic E-state index is 0.0708. The first-order valence-electron chi connectivity index (χ1n) is 11.9. The summed E-state index contributed by atoms with van der Waals surface area (Å²) in [6.07, 6.45) is 7.70. The third kappa shape index (κ3) is 6.85. The van der Waals surface area contributed by atoms with E-state index in [1.54, 1.807) is 54.9 Å². The van der Waals surface area contributed by atoms with Crippen LogP contribution >= 0.6 is 0 Å². The molecule has 1 saturated heterocycles. The van der Waals surface area contributed by atoms with Crippen molar-refractivity contribution in [3.63, 3.8) is 0 Å². The predicted octanol–water partition coefficient (Wildman–Crippen LogP) is 2.85. The monoisotopic (exact) mass is 495 g/mol. The second-order valence-corrected chi connectivity index (χ2v) is 11.1. The van der Waals surface area contributed by atoms with Crippen molar-refractivity contribution < 1.29 is 13.2 Å². The quantitative estimate of drug-likeness (QED) is 0.585. The largest absolute Gasteiger partial charge is 0.321 e. The second-order valence-electron chi connectivity index (χ2n) is 9.30. The van der Waals surface area contributed by atoms with Crippen LogP contribution in [0, 0.1) is 5.92 Å². The summed E-state index contributed by atoms with van der Waals surface area (Å²) in [7, 11) is -1.46. The van der Waals surface area contributed by atoms with E-state index in [1.165, 1.54) is 5.57 Å². The Bertz CT molecular complexity index is 1190. The van der Waals surface area contributed by atoms with Crippen molar-refractivity contribution in [1.29, 1.82) is 0 Å². The van der Waals surface area contributed by atoms with E-state index < -0.39 is 10.0 Å². The number of likely N-dealkylation sites (N-methyl/N-ethyl adjacent to an activating group) is 1. The van der Waals surface area contributed by atoms with Crippen LogP contribution in [0.15, 0.2) is 71.4 Å². The molecule has 0 spiro atoms. The van der Waals surface area contributed by atoms with E-state index in [-0.39, 0.29) is 18.4 Å². The number of pyridine rings is 1. The molecule has 1 fully saturated rings. The lowest BCUT2D eigenvalue weighted by atomic mass is 9.95. The van der Waals surface area contributed by atoms with Gasteiger partial charge in [-0.25, -0.2) is 13.1 Å². The fourth-order valence-corrected chi connectivity index (χ4v) is 5.75. The number of carbonyl (C=O) groups excluding carboxylic acids is 1. The smallest absolute Gasteiger partial charge is 0.255 e. The summed E-state index contributed by atoms with van der Waals surface area (Å²) in [6, 6.07) is 10.4. The Morgan fingerprint density at radius 3 is 2.49 bits per heavy atom. The van der Waals surface area contributed by atoms with Gasteiger partial charge < -0.3 is 10.2 Å². The van der Waals surface area contributed by atoms with Gasteiger partial charge in [-0.2, -0.15) is 0 Å². The van der Waals surface area contributed by atoms with Crippen molar-refractivity contribution in [2.24, 2.45) is 5.92 Å². The van der Waals surface area contributed by atoms with Crippen molar-refractivity contribution in [3.8, 4) is 0 Å². The van der Waals surface area contributed by atoms with E-state index >= 15 is 0 Å². The van der Waals surface area contributed by atoms with Crippen molar-refractivity contribution in [1.82, 2.24) is 19.5 Å². The summed E-state index contributed by atoms with van der Waals surface area (Å²) in [6.45, 7) is 7.25. The normalized spacial score (nSPS) is 19.7. The minimum Gasteiger partial charge on any atom is -0.321 e. The highest BCUT2D eigenvalue weighted by atomic mass is 32.2. The van der Waals surface area contributed by atoms with E-state index in [1.807, 2.05) is 13.0 Å². The fourth-order valence-electron chi connectivity index (χ4n) is 4.37. The molecule has 8 nitrogen and oxygen atoms in total. The van der Waals surface area contributed by atoms with Crippen LogP contribution in [0.4, 0.5) is 5.69 Å². The lowest BCUT2D eigenvalue weighted by Crippen LogP contribution is -2.45. The number of carbonyl (C=O) groups is 1. The number of nitrogens with zero attached hydrogens (tertiary/aromatic N) is 3. The molecule has 0 bridgehead atoms. The lowest BCUT2D eigenvalue weighted by Gasteiger charge is -2.34. The number of hydrogen-bond donors (Lipinski definition) is 2. The first-order chi connectivity index (χ1) is 16.8. The first-order valence-corrected chi connectivity index (χ1v) is 13.4. The van der Waals surface area contributed by atoms with Crippen LogP contribution in [0.25, 0.3) is 0 Å². The number of allylic oxidation sites excluding steroid dienone is 3. The standard InChI is InChI=1S/C26H33N5O3S/c1-20-16-22(19-31-14-12-30(2)13-15-31)7-10-25(20)35(33,34)28-17-21-5-8-23(9-6-21)26(32)29-24-4-3-11-27-18-24/h3-11,18,20,28H,12-17,19H2,1-2H3,(H,29,32). The maximum atomic E-state index is 13.0. The number of anilines is 1. The topological polar surface area (TPSA) is 94.6 Å². The summed E-state index contributed by atoms with van der Waals surface area (Å²) in [5.74, 6) is -0.316. The molecule has 4 rings (SSSR count). The van der Waals surface area contributed by atoms with Crippen molar-refractivity contribution >= 4 is 21.6 Å². The number of rotatable bonds is 8. The van der Waals surface area contributed by atoms with Crippen LogP contribution in [0.3, 0.4) is 0 Å². The highest BCUT2D eigenvalue weighted by Crippen LogP contribution is 2.29. The molecule has 1 amide bonds. The molecule has 2 aromatic rings. The summed E-state index contributed by atoms with van der Waals surface area (Å²) in [5, 5.41) is 2.78. The van der Waals surface area contributed by atoms with E-state index in [2.05, 4.69) is 31.9 Å². The average molecular weight is 496 g/mol. The van der Waals surface area contributed by atoms with Crippen LogP contribution in [0.1, 0.15) is 29.3 Å². The number of benzene rings is 1. The van der Waals surface area contributed by atoms with Crippen LogP contribution in [0.2, 0.25) is 0 Å². The van der Waals surface area contributed by atoms with E-state index in [0.717, 1.165) is 44.7 Å². The van der Waals surface area contributed by atoms with Crippen LogP contribution < -0.4 is 10.0 Å². The molecule has 1 aliphatic carbocycles. The SMILES string of the molecule is CC1CC(CN2CCN(C)CC2)=CC=C1S(=O)(=O)NCc1ccc(C(=O)Nc2cccnc2)cc1. The van der Waals surface area contributed by atoms with E-state index in [0.29, 0.717) is 16.2 Å². The summed E-state index contributed by atoms with van der Waals surface area (Å²) < 4.78 is 28.7. The zero-order valence-electron chi connectivity index (χ0n) is 20.3. The van der Waals surface area contributed by atoms with Gasteiger partial charge in [0.25, 0.3) is 5.91 Å². The Morgan fingerprint density at radius 2 is 1.83 bits per heavy atom. The zero-order chi connectivity index (χ0) is 24.8. The Morgan fingerprint density at radius 1 is 1.09 bits per heavy atom. The third-order valence-corrected chi connectivity index (χ3v) is 8.16. The molecular formula is C26H33N5O3S. The Labute approximate surface area is 207 Å². The molecule has 9 heteroatoms. The number of sulfonamides is 1. The van der Waals surface area contributed by atoms with Gasteiger partial charge in [0.05, 0.1) is 16.8 Å². The first kappa shape index (κ1) is 25.2. The van der Waals surface area contributed by atoms with Crippen LogP contribution in [-0.4, -0.2) is 68.9 Å². The molecule has 0 radical (unpaired) electrons. The summed E-state index contributed by atoms with van der Waals surface area (Å²) in [4.78, 5) is 21.5. The Kier molecular flexibility index (Phi) is 8.12. The molecule has 1 aromatic carbocycles. The van der Waals surface area contributed by atoms with Gasteiger partial charge in [-0.15, -0.1) is 0 Å². The third-order valence-electron chi connectivity index (χ3n) is 6.47. The number of piperazine rings is 1. The van der Waals surface area contributed by atoms with Gasteiger partial charge in [0.1, 0.15) is 0 Å². The zero-order valence-corrected chi connectivity index (χ0v) is 21.1. The summed E-state index contributed by atoms with van der Waals surface area (Å²) >= 11 is 0. The van der Waals surface area contributed by atoms with Gasteiger partial charge in [-0.3, -0.25) is 14.7 Å². The molecule has 1 aliphatic heterocycles. The van der Waals surface area contributed by atoms with Gasteiger partial charge in [0.15, 0.2) is 0 Å². The number of aromatic nitrogens is 1. The van der Waals surface area contributed by atoms with Gasteiger partial charge >= 0.3 is 0 Å². The van der Waals surface area contributed by atoms with Gasteiger partial charge in [-0.05, 0) is 55.3 Å². The molecule has 2 heterocycles. The highest BCUT2D eigenvalue weighted by molar-refractivity contribution is 7.93. The molecular weight excluding hydrogens is 462 g/mol. The fraction of sp³-hybridized carbons (Fsp3) is 0.385. The Hall–Kier alpha value is -2.85. The molecule has 1 atom stereocenters. The van der Waals surface area contributed by atoms with Crippen LogP contribution in [0.5, 0.6) is 0 Å². The predicted molar refractivity (Wildman–Crippen MR) is 138 cm³/mol. The minimum atomic E-state index is -3.60. The number of nitrogens with one attached hydrogen (secondary N) is 2. The second kappa shape index (κ2) is 11.3. The van der Waals surface area contributed by atoms with E-state index in [9.17, 15) is 13.2 Å². The van der Waals surface area contributed by atoms with Gasteiger partial charge in [0.2, 0.25) is 10.0 Å². The number of amides is 1. The van der Waals surface area contributed by atoms with Crippen molar-refractivity contribution in [2.45, 2.75) is 19.9 Å². The maximum Gasteiger partial charge on any atom is 0.255 e. The van der Waals surface area contributed by atoms with Gasteiger partial charge in [-0.1, -0.05) is 30.7 Å². The molecule has 1 aromatic heterocycles. The molecule has 186 valence electrons. The molecule has 1 unspecified atom stereocenters. The molecule has 2 aliphatic rings. The molecule has 0 saturated carbocycles. The molecule has 35 heavy (non-hydrogen) atoms. The lowest BCUT2D eigenvalue weighted by molar-refractivity contribution is 0.102. The summed E-state index contributed by atoms with van der Waals surface area (Å²) in [5.41, 5.74) is 3.16. The van der Waals surface area contributed by atoms with Crippen molar-refractivity contribution in [3.05, 3.63) is 82.5 Å². The average Bonchev–Trinajstić information content (AvgIpc) is 2.85. The highest BCUT2D eigenvalue weighted by Gasteiger charge is 2.27. The Balaban J connectivity index is 1.32. The molecule has 2 N–H and O–H groups in total. The maximum absolute atomic E-state index is 13.0. The van der Waals surface area contributed by atoms with Gasteiger partial charge in [0, 0.05) is 51.0 Å². The van der Waals surface area contributed by atoms with Crippen molar-refractivity contribution in [2.75, 3.05) is 45.1 Å². The number of hydrogen-bond acceptors (Lipinski definition) is 6.